The zero-order valence-electron chi connectivity index (χ0n) is 6.74. The van der Waals surface area contributed by atoms with Crippen LogP contribution in [0.2, 0.25) is 0 Å². The molecule has 0 unspecified atom stereocenters. The molecular weight excluding hydrogens is 162 g/mol. The van der Waals surface area contributed by atoms with E-state index >= 15 is 0 Å². The van der Waals surface area contributed by atoms with Gasteiger partial charge in [-0.15, -0.1) is 0 Å². The smallest absolute Gasteiger partial charge is 0.330 e. The van der Waals surface area contributed by atoms with E-state index in [-0.39, 0.29) is 13.2 Å². The molecule has 0 aliphatic rings. The van der Waals surface area contributed by atoms with Crippen LogP contribution in [0.3, 0.4) is 0 Å². The van der Waals surface area contributed by atoms with E-state index in [9.17, 15) is 9.59 Å². The maximum atomic E-state index is 10.7. The molecule has 5 nitrogen and oxygen atoms in total. The Balaban J connectivity index is 3.67. The highest BCUT2D eigenvalue weighted by atomic mass is 16.5. The first-order valence-electron chi connectivity index (χ1n) is 3.35. The van der Waals surface area contributed by atoms with Gasteiger partial charge in [-0.3, -0.25) is 4.79 Å². The zero-order valence-corrected chi connectivity index (χ0v) is 6.74. The van der Waals surface area contributed by atoms with Crippen LogP contribution in [0.4, 0.5) is 0 Å². The Kier molecular flexibility index (Phi) is 5.64. The molecule has 0 aromatic carbocycles. The molecule has 0 spiro atoms. The molecule has 0 aromatic rings. The second-order valence-corrected chi connectivity index (χ2v) is 1.87. The SMILES string of the molecule is COC(=O)/C=C/C(=O)NCCO. The maximum absolute atomic E-state index is 10.7. The quantitative estimate of drug-likeness (QED) is 0.414. The van der Waals surface area contributed by atoms with Gasteiger partial charge in [0.05, 0.1) is 13.7 Å². The zero-order chi connectivity index (χ0) is 9.40. The number of aliphatic hydroxyl groups is 1. The molecule has 0 saturated carbocycles. The van der Waals surface area contributed by atoms with Crippen molar-refractivity contribution in [3.63, 3.8) is 0 Å². The Labute approximate surface area is 70.0 Å². The van der Waals surface area contributed by atoms with Crippen molar-refractivity contribution in [1.29, 1.82) is 0 Å². The average molecular weight is 173 g/mol. The summed E-state index contributed by atoms with van der Waals surface area (Å²) in [5, 5.41) is 10.6. The van der Waals surface area contributed by atoms with Gasteiger partial charge in [0.1, 0.15) is 0 Å². The van der Waals surface area contributed by atoms with Crippen LogP contribution in [0.25, 0.3) is 0 Å². The topological polar surface area (TPSA) is 75.6 Å². The van der Waals surface area contributed by atoms with Gasteiger partial charge in [0.25, 0.3) is 0 Å². The summed E-state index contributed by atoms with van der Waals surface area (Å²) in [4.78, 5) is 21.2. The first-order valence-corrected chi connectivity index (χ1v) is 3.35. The van der Waals surface area contributed by atoms with Crippen molar-refractivity contribution in [2.75, 3.05) is 20.3 Å². The van der Waals surface area contributed by atoms with Gasteiger partial charge >= 0.3 is 5.97 Å². The van der Waals surface area contributed by atoms with Crippen molar-refractivity contribution < 1.29 is 19.4 Å². The van der Waals surface area contributed by atoms with Crippen molar-refractivity contribution in [1.82, 2.24) is 5.32 Å². The van der Waals surface area contributed by atoms with Crippen LogP contribution in [0.1, 0.15) is 0 Å². The molecular formula is C7H11NO4. The summed E-state index contributed by atoms with van der Waals surface area (Å²) in [5.41, 5.74) is 0. The van der Waals surface area contributed by atoms with Gasteiger partial charge in [-0.05, 0) is 0 Å². The van der Waals surface area contributed by atoms with Crippen LogP contribution in [-0.2, 0) is 14.3 Å². The van der Waals surface area contributed by atoms with E-state index in [4.69, 9.17) is 5.11 Å². The van der Waals surface area contributed by atoms with Gasteiger partial charge in [0.2, 0.25) is 5.91 Å². The molecule has 0 aliphatic carbocycles. The third-order valence-electron chi connectivity index (χ3n) is 0.983. The monoisotopic (exact) mass is 173 g/mol. The summed E-state index contributed by atoms with van der Waals surface area (Å²) < 4.78 is 4.25. The fraction of sp³-hybridized carbons (Fsp3) is 0.429. The number of esters is 1. The minimum atomic E-state index is -0.589. The number of hydrogen-bond donors (Lipinski definition) is 2. The molecule has 1 amide bonds. The number of carbonyl (C=O) groups is 2. The lowest BCUT2D eigenvalue weighted by atomic mass is 10.4. The van der Waals surface area contributed by atoms with Crippen LogP contribution in [-0.4, -0.2) is 37.2 Å². The van der Waals surface area contributed by atoms with Crippen LogP contribution in [0, 0.1) is 0 Å². The Bertz CT molecular complexity index is 188. The summed E-state index contributed by atoms with van der Waals surface area (Å²) >= 11 is 0. The summed E-state index contributed by atoms with van der Waals surface area (Å²) in [5.74, 6) is -1.02. The molecule has 12 heavy (non-hydrogen) atoms. The normalized spacial score (nSPS) is 9.83. The van der Waals surface area contributed by atoms with E-state index in [1.165, 1.54) is 7.11 Å². The molecule has 0 saturated heterocycles. The van der Waals surface area contributed by atoms with Crippen LogP contribution < -0.4 is 5.32 Å². The molecule has 0 bridgehead atoms. The van der Waals surface area contributed by atoms with E-state index in [1.54, 1.807) is 0 Å². The molecule has 0 heterocycles. The molecule has 68 valence electrons. The fourth-order valence-electron chi connectivity index (χ4n) is 0.450. The number of amides is 1. The third kappa shape index (κ3) is 5.43. The molecule has 0 atom stereocenters. The Morgan fingerprint density at radius 3 is 2.67 bits per heavy atom. The predicted octanol–water partition coefficient (Wildman–Crippen LogP) is -1.18. The lowest BCUT2D eigenvalue weighted by molar-refractivity contribution is -0.135. The molecule has 2 N–H and O–H groups in total. The summed E-state index contributed by atoms with van der Waals surface area (Å²) in [7, 11) is 1.22. The molecule has 0 aliphatic heterocycles. The summed E-state index contributed by atoms with van der Waals surface area (Å²) in [6.45, 7) is 0.0438. The predicted molar refractivity (Wildman–Crippen MR) is 41.3 cm³/mol. The third-order valence-corrected chi connectivity index (χ3v) is 0.983. The van der Waals surface area contributed by atoms with E-state index in [0.717, 1.165) is 12.2 Å². The van der Waals surface area contributed by atoms with Gasteiger partial charge < -0.3 is 15.2 Å². The average Bonchev–Trinajstić information content (AvgIpc) is 2.10. The number of methoxy groups -OCH3 is 1. The van der Waals surface area contributed by atoms with E-state index in [1.807, 2.05) is 0 Å². The van der Waals surface area contributed by atoms with Gasteiger partial charge in [0.15, 0.2) is 0 Å². The van der Waals surface area contributed by atoms with Gasteiger partial charge in [-0.25, -0.2) is 4.79 Å². The molecule has 5 heteroatoms. The largest absolute Gasteiger partial charge is 0.466 e. The van der Waals surface area contributed by atoms with Crippen molar-refractivity contribution >= 4 is 11.9 Å². The van der Waals surface area contributed by atoms with Crippen molar-refractivity contribution in [3.05, 3.63) is 12.2 Å². The number of aliphatic hydroxyl groups excluding tert-OH is 1. The Morgan fingerprint density at radius 2 is 2.17 bits per heavy atom. The molecule has 0 fully saturated rings. The Hall–Kier alpha value is -1.36. The van der Waals surface area contributed by atoms with E-state index in [2.05, 4.69) is 10.1 Å². The van der Waals surface area contributed by atoms with Gasteiger partial charge in [-0.1, -0.05) is 0 Å². The van der Waals surface area contributed by atoms with E-state index < -0.39 is 11.9 Å². The van der Waals surface area contributed by atoms with Gasteiger partial charge in [0, 0.05) is 18.7 Å². The van der Waals surface area contributed by atoms with Crippen LogP contribution >= 0.6 is 0 Å². The summed E-state index contributed by atoms with van der Waals surface area (Å²) in [6, 6.07) is 0. The lowest BCUT2D eigenvalue weighted by Crippen LogP contribution is -2.24. The van der Waals surface area contributed by atoms with E-state index in [0.29, 0.717) is 0 Å². The first-order chi connectivity index (χ1) is 5.70. The second kappa shape index (κ2) is 6.36. The van der Waals surface area contributed by atoms with Crippen molar-refractivity contribution in [2.24, 2.45) is 0 Å². The standard InChI is InChI=1S/C7H11NO4/c1-12-7(11)3-2-6(10)8-4-5-9/h2-3,9H,4-5H2,1H3,(H,8,10)/b3-2+. The number of hydrogen-bond acceptors (Lipinski definition) is 4. The number of ether oxygens (including phenoxy) is 1. The van der Waals surface area contributed by atoms with Gasteiger partial charge in [-0.2, -0.15) is 0 Å². The highest BCUT2D eigenvalue weighted by molar-refractivity contribution is 5.94. The first kappa shape index (κ1) is 10.6. The highest BCUT2D eigenvalue weighted by Gasteiger charge is 1.95. The Morgan fingerprint density at radius 1 is 1.50 bits per heavy atom. The molecule has 0 aromatic heterocycles. The number of nitrogens with one attached hydrogen (secondary N) is 1. The van der Waals surface area contributed by atoms with Crippen LogP contribution in [0.5, 0.6) is 0 Å². The fourth-order valence-corrected chi connectivity index (χ4v) is 0.450. The van der Waals surface area contributed by atoms with Crippen molar-refractivity contribution in [2.45, 2.75) is 0 Å². The van der Waals surface area contributed by atoms with Crippen LogP contribution in [0.15, 0.2) is 12.2 Å². The highest BCUT2D eigenvalue weighted by Crippen LogP contribution is 1.77. The second-order valence-electron chi connectivity index (χ2n) is 1.87. The lowest BCUT2D eigenvalue weighted by Gasteiger charge is -1.96. The number of rotatable bonds is 4. The summed E-state index contributed by atoms with van der Waals surface area (Å²) in [6.07, 6.45) is 2.05. The molecule has 0 radical (unpaired) electrons. The molecule has 0 rings (SSSR count). The minimum absolute atomic E-state index is 0.127. The number of carbonyl (C=O) groups excluding carboxylic acids is 2. The van der Waals surface area contributed by atoms with Crippen molar-refractivity contribution in [3.8, 4) is 0 Å². The maximum Gasteiger partial charge on any atom is 0.330 e. The minimum Gasteiger partial charge on any atom is -0.466 e.